The predicted molar refractivity (Wildman–Crippen MR) is 77.8 cm³/mol. The number of aromatic nitrogens is 2. The maximum atomic E-state index is 6.21. The summed E-state index contributed by atoms with van der Waals surface area (Å²) in [5.41, 5.74) is 8.30. The highest BCUT2D eigenvalue weighted by molar-refractivity contribution is 9.10. The molecule has 1 aromatic carbocycles. The quantitative estimate of drug-likeness (QED) is 0.736. The maximum absolute atomic E-state index is 6.21. The van der Waals surface area contributed by atoms with Crippen LogP contribution < -0.4 is 5.73 Å². The second kappa shape index (κ2) is 4.30. The summed E-state index contributed by atoms with van der Waals surface area (Å²) < 4.78 is 2.71. The number of pyridine rings is 1. The van der Waals surface area contributed by atoms with E-state index in [0.29, 0.717) is 10.7 Å². The highest BCUT2D eigenvalue weighted by Gasteiger charge is 2.13. The van der Waals surface area contributed by atoms with Gasteiger partial charge in [0.2, 0.25) is 0 Å². The fourth-order valence-corrected chi connectivity index (χ4v) is 2.59. The standard InChI is InChI=1S/C13H9BrClN3/c14-12-11-7-8(16)5-6-18(11)13(17-12)9-3-1-2-4-10(9)15/h1-7H,16H2. The molecule has 0 aliphatic heterocycles. The maximum Gasteiger partial charge on any atom is 0.147 e. The van der Waals surface area contributed by atoms with Crippen LogP contribution in [-0.4, -0.2) is 9.38 Å². The molecule has 2 heterocycles. The van der Waals surface area contributed by atoms with Gasteiger partial charge in [0.25, 0.3) is 0 Å². The van der Waals surface area contributed by atoms with Crippen molar-refractivity contribution in [1.29, 1.82) is 0 Å². The lowest BCUT2D eigenvalue weighted by atomic mass is 10.2. The van der Waals surface area contributed by atoms with Crippen molar-refractivity contribution < 1.29 is 0 Å². The topological polar surface area (TPSA) is 43.3 Å². The van der Waals surface area contributed by atoms with Crippen LogP contribution in [0.15, 0.2) is 47.2 Å². The Morgan fingerprint density at radius 3 is 2.78 bits per heavy atom. The molecule has 3 rings (SSSR count). The molecule has 90 valence electrons. The fraction of sp³-hybridized carbons (Fsp3) is 0. The minimum Gasteiger partial charge on any atom is -0.399 e. The number of rotatable bonds is 1. The van der Waals surface area contributed by atoms with Gasteiger partial charge >= 0.3 is 0 Å². The Morgan fingerprint density at radius 2 is 2.00 bits per heavy atom. The van der Waals surface area contributed by atoms with Crippen molar-refractivity contribution in [3.63, 3.8) is 0 Å². The fourth-order valence-electron chi connectivity index (χ4n) is 1.90. The summed E-state index contributed by atoms with van der Waals surface area (Å²) in [5.74, 6) is 0.794. The molecular formula is C13H9BrClN3. The van der Waals surface area contributed by atoms with Crippen LogP contribution in [0.25, 0.3) is 16.9 Å². The first-order chi connectivity index (χ1) is 8.66. The van der Waals surface area contributed by atoms with Crippen molar-refractivity contribution >= 4 is 38.7 Å². The molecule has 0 bridgehead atoms. The molecule has 0 amide bonds. The SMILES string of the molecule is Nc1ccn2c(-c3ccccc3Cl)nc(Br)c2c1. The molecule has 0 fully saturated rings. The lowest BCUT2D eigenvalue weighted by Gasteiger charge is -2.03. The highest BCUT2D eigenvalue weighted by atomic mass is 79.9. The Bertz CT molecular complexity index is 736. The average molecular weight is 323 g/mol. The van der Waals surface area contributed by atoms with Gasteiger partial charge in [-0.3, -0.25) is 4.40 Å². The summed E-state index contributed by atoms with van der Waals surface area (Å²) in [6.45, 7) is 0. The number of fused-ring (bicyclic) bond motifs is 1. The van der Waals surface area contributed by atoms with E-state index in [2.05, 4.69) is 20.9 Å². The normalized spacial score (nSPS) is 11.0. The van der Waals surface area contributed by atoms with Crippen LogP contribution in [0.1, 0.15) is 0 Å². The summed E-state index contributed by atoms with van der Waals surface area (Å²) in [6.07, 6.45) is 1.89. The van der Waals surface area contributed by atoms with E-state index in [1.54, 1.807) is 0 Å². The van der Waals surface area contributed by atoms with Crippen molar-refractivity contribution in [3.8, 4) is 11.4 Å². The number of nitrogens with two attached hydrogens (primary N) is 1. The van der Waals surface area contributed by atoms with Gasteiger partial charge in [-0.05, 0) is 40.2 Å². The van der Waals surface area contributed by atoms with Gasteiger partial charge in [-0.15, -0.1) is 0 Å². The summed E-state index contributed by atoms with van der Waals surface area (Å²) in [7, 11) is 0. The number of imidazole rings is 1. The van der Waals surface area contributed by atoms with Gasteiger partial charge in [0.1, 0.15) is 10.4 Å². The molecule has 0 unspecified atom stereocenters. The zero-order chi connectivity index (χ0) is 12.7. The Balaban J connectivity index is 2.34. The van der Waals surface area contributed by atoms with Crippen molar-refractivity contribution in [2.24, 2.45) is 0 Å². The van der Waals surface area contributed by atoms with E-state index in [1.165, 1.54) is 0 Å². The smallest absolute Gasteiger partial charge is 0.147 e. The number of benzene rings is 1. The Kier molecular flexibility index (Phi) is 2.76. The summed E-state index contributed by atoms with van der Waals surface area (Å²) >= 11 is 9.65. The molecule has 0 aliphatic carbocycles. The summed E-state index contributed by atoms with van der Waals surface area (Å²) in [6, 6.07) is 11.3. The van der Waals surface area contributed by atoms with Gasteiger partial charge in [0, 0.05) is 17.4 Å². The summed E-state index contributed by atoms with van der Waals surface area (Å²) in [5, 5.41) is 0.675. The van der Waals surface area contributed by atoms with Crippen molar-refractivity contribution in [1.82, 2.24) is 9.38 Å². The molecule has 2 aromatic heterocycles. The molecule has 18 heavy (non-hydrogen) atoms. The molecule has 2 N–H and O–H groups in total. The molecule has 5 heteroatoms. The van der Waals surface area contributed by atoms with Crippen LogP contribution in [0.5, 0.6) is 0 Å². The van der Waals surface area contributed by atoms with Crippen LogP contribution >= 0.6 is 27.5 Å². The third-order valence-corrected chi connectivity index (χ3v) is 3.65. The lowest BCUT2D eigenvalue weighted by Crippen LogP contribution is -1.91. The van der Waals surface area contributed by atoms with Crippen LogP contribution in [0.2, 0.25) is 5.02 Å². The molecule has 3 nitrogen and oxygen atoms in total. The largest absolute Gasteiger partial charge is 0.399 e. The number of anilines is 1. The lowest BCUT2D eigenvalue weighted by molar-refractivity contribution is 1.16. The van der Waals surface area contributed by atoms with E-state index in [9.17, 15) is 0 Å². The van der Waals surface area contributed by atoms with Gasteiger partial charge < -0.3 is 5.73 Å². The van der Waals surface area contributed by atoms with E-state index in [1.807, 2.05) is 47.0 Å². The van der Waals surface area contributed by atoms with Crippen LogP contribution in [0, 0.1) is 0 Å². The van der Waals surface area contributed by atoms with E-state index in [4.69, 9.17) is 17.3 Å². The van der Waals surface area contributed by atoms with Crippen molar-refractivity contribution in [2.45, 2.75) is 0 Å². The third-order valence-electron chi connectivity index (χ3n) is 2.74. The number of halogens is 2. The Labute approximate surface area is 117 Å². The first-order valence-corrected chi connectivity index (χ1v) is 6.52. The number of hydrogen-bond acceptors (Lipinski definition) is 2. The van der Waals surface area contributed by atoms with Gasteiger partial charge in [0.05, 0.1) is 10.5 Å². The Hall–Kier alpha value is -1.52. The first-order valence-electron chi connectivity index (χ1n) is 5.35. The monoisotopic (exact) mass is 321 g/mol. The van der Waals surface area contributed by atoms with Crippen molar-refractivity contribution in [3.05, 3.63) is 52.2 Å². The number of hydrogen-bond donors (Lipinski definition) is 1. The minimum atomic E-state index is 0.675. The second-order valence-corrected chi connectivity index (χ2v) is 5.08. The molecule has 0 radical (unpaired) electrons. The minimum absolute atomic E-state index is 0.675. The van der Waals surface area contributed by atoms with Crippen LogP contribution in [-0.2, 0) is 0 Å². The molecular weight excluding hydrogens is 314 g/mol. The van der Waals surface area contributed by atoms with E-state index >= 15 is 0 Å². The van der Waals surface area contributed by atoms with E-state index in [-0.39, 0.29) is 0 Å². The average Bonchev–Trinajstić information content (AvgIpc) is 2.67. The third kappa shape index (κ3) is 1.78. The predicted octanol–water partition coefficient (Wildman–Crippen LogP) is 4.00. The molecule has 0 spiro atoms. The van der Waals surface area contributed by atoms with Gasteiger partial charge in [-0.2, -0.15) is 0 Å². The number of nitrogen functional groups attached to an aromatic ring is 1. The molecule has 3 aromatic rings. The molecule has 0 saturated heterocycles. The second-order valence-electron chi connectivity index (χ2n) is 3.92. The first kappa shape index (κ1) is 11.6. The molecule has 0 aliphatic rings. The molecule has 0 atom stereocenters. The van der Waals surface area contributed by atoms with Crippen molar-refractivity contribution in [2.75, 3.05) is 5.73 Å². The van der Waals surface area contributed by atoms with E-state index in [0.717, 1.165) is 21.5 Å². The molecule has 0 saturated carbocycles. The van der Waals surface area contributed by atoms with Crippen LogP contribution in [0.4, 0.5) is 5.69 Å². The van der Waals surface area contributed by atoms with Gasteiger partial charge in [-0.1, -0.05) is 23.7 Å². The Morgan fingerprint density at radius 1 is 1.22 bits per heavy atom. The summed E-state index contributed by atoms with van der Waals surface area (Å²) in [4.78, 5) is 4.50. The zero-order valence-corrected chi connectivity index (χ0v) is 11.6. The number of nitrogens with zero attached hydrogens (tertiary/aromatic N) is 2. The van der Waals surface area contributed by atoms with Crippen LogP contribution in [0.3, 0.4) is 0 Å². The zero-order valence-electron chi connectivity index (χ0n) is 9.27. The van der Waals surface area contributed by atoms with Gasteiger partial charge in [0.15, 0.2) is 0 Å². The van der Waals surface area contributed by atoms with Gasteiger partial charge in [-0.25, -0.2) is 4.98 Å². The van der Waals surface area contributed by atoms with E-state index < -0.39 is 0 Å². The highest BCUT2D eigenvalue weighted by Crippen LogP contribution is 2.31.